The van der Waals surface area contributed by atoms with E-state index in [0.717, 1.165) is 12.1 Å². The minimum absolute atomic E-state index is 0.314. The molecule has 92 valence electrons. The molecule has 0 saturated carbocycles. The number of rotatable bonds is 4. The molecule has 1 aromatic rings. The molecule has 0 radical (unpaired) electrons. The van der Waals surface area contributed by atoms with E-state index in [9.17, 15) is 28.6 Å². The third kappa shape index (κ3) is 2.56. The molecule has 0 N–H and O–H groups in total. The quantitative estimate of drug-likeness (QED) is 0.594. The van der Waals surface area contributed by atoms with Crippen LogP contribution in [-0.4, -0.2) is 24.0 Å². The van der Waals surface area contributed by atoms with Gasteiger partial charge in [0.1, 0.15) is 4.90 Å². The molecule has 0 unspecified atom stereocenters. The fourth-order valence-electron chi connectivity index (χ4n) is 1.18. The van der Waals surface area contributed by atoms with E-state index in [4.69, 9.17) is 0 Å². The van der Waals surface area contributed by atoms with E-state index in [2.05, 4.69) is 0 Å². The molecule has 0 amide bonds. The number of nitro benzene ring substituents is 2. The Labute approximate surface area is 96.1 Å². The molecule has 1 aromatic carbocycles. The fraction of sp³-hybridized carbons (Fsp3) is 0.250. The van der Waals surface area contributed by atoms with Gasteiger partial charge in [0.2, 0.25) is 0 Å². The summed E-state index contributed by atoms with van der Waals surface area (Å²) < 4.78 is 23.1. The van der Waals surface area contributed by atoms with Crippen LogP contribution in [0.15, 0.2) is 23.1 Å². The predicted octanol–water partition coefficient (Wildman–Crippen LogP) is 1.30. The van der Waals surface area contributed by atoms with E-state index in [-0.39, 0.29) is 5.75 Å². The summed E-state index contributed by atoms with van der Waals surface area (Å²) in [5.41, 5.74) is -1.30. The van der Waals surface area contributed by atoms with Crippen molar-refractivity contribution in [2.75, 3.05) is 5.75 Å². The van der Waals surface area contributed by atoms with Gasteiger partial charge in [-0.25, -0.2) is 8.42 Å². The van der Waals surface area contributed by atoms with Crippen LogP contribution in [0.2, 0.25) is 0 Å². The molecule has 9 heteroatoms. The van der Waals surface area contributed by atoms with Crippen molar-refractivity contribution < 1.29 is 18.3 Å². The molecule has 0 aliphatic heterocycles. The third-order valence-corrected chi connectivity index (χ3v) is 3.84. The summed E-state index contributed by atoms with van der Waals surface area (Å²) in [5.74, 6) is -0.314. The van der Waals surface area contributed by atoms with Gasteiger partial charge in [0.15, 0.2) is 9.84 Å². The van der Waals surface area contributed by atoms with E-state index in [1.165, 1.54) is 6.92 Å². The number of nitro groups is 2. The van der Waals surface area contributed by atoms with Gasteiger partial charge in [-0.3, -0.25) is 20.2 Å². The third-order valence-electron chi connectivity index (χ3n) is 2.07. The Morgan fingerprint density at radius 3 is 2.18 bits per heavy atom. The maximum Gasteiger partial charge on any atom is 0.294 e. The van der Waals surface area contributed by atoms with Crippen molar-refractivity contribution in [1.82, 2.24) is 0 Å². The Balaban J connectivity index is 3.54. The van der Waals surface area contributed by atoms with Crippen LogP contribution in [-0.2, 0) is 9.84 Å². The Morgan fingerprint density at radius 2 is 1.76 bits per heavy atom. The summed E-state index contributed by atoms with van der Waals surface area (Å²) in [6.07, 6.45) is 0. The molecule has 0 fully saturated rings. The lowest BCUT2D eigenvalue weighted by molar-refractivity contribution is -0.396. The second-order valence-corrected chi connectivity index (χ2v) is 5.32. The highest BCUT2D eigenvalue weighted by atomic mass is 32.2. The number of nitrogens with zero attached hydrogens (tertiary/aromatic N) is 2. The zero-order valence-corrected chi connectivity index (χ0v) is 9.51. The predicted molar refractivity (Wildman–Crippen MR) is 57.5 cm³/mol. The van der Waals surface area contributed by atoms with Gasteiger partial charge in [-0.05, 0) is 6.07 Å². The zero-order valence-electron chi connectivity index (χ0n) is 8.69. The van der Waals surface area contributed by atoms with E-state index in [1.807, 2.05) is 0 Å². The largest absolute Gasteiger partial charge is 0.294 e. The molecule has 0 aliphatic rings. The first-order valence-corrected chi connectivity index (χ1v) is 6.10. The highest BCUT2D eigenvalue weighted by molar-refractivity contribution is 7.91. The first-order valence-electron chi connectivity index (χ1n) is 4.45. The highest BCUT2D eigenvalue weighted by Gasteiger charge is 2.27. The standard InChI is InChI=1S/C8H8N2O6S/c1-2-17(15,16)8-4-3-6(9(11)12)5-7(8)10(13)14/h3-5H,2H2,1H3. The summed E-state index contributed by atoms with van der Waals surface area (Å²) in [7, 11) is -3.78. The maximum absolute atomic E-state index is 11.5. The molecule has 0 atom stereocenters. The summed E-state index contributed by atoms with van der Waals surface area (Å²) in [6.45, 7) is 1.33. The van der Waals surface area contributed by atoms with Gasteiger partial charge in [-0.2, -0.15) is 0 Å². The van der Waals surface area contributed by atoms with Crippen LogP contribution in [0.3, 0.4) is 0 Å². The minimum atomic E-state index is -3.78. The van der Waals surface area contributed by atoms with Crippen molar-refractivity contribution in [2.45, 2.75) is 11.8 Å². The Bertz CT molecular complexity index is 580. The molecule has 0 aromatic heterocycles. The van der Waals surface area contributed by atoms with Crippen LogP contribution in [0.4, 0.5) is 11.4 Å². The molecule has 0 heterocycles. The first kappa shape index (κ1) is 13.0. The van der Waals surface area contributed by atoms with Crippen LogP contribution in [0.25, 0.3) is 0 Å². The van der Waals surface area contributed by atoms with Gasteiger partial charge in [-0.15, -0.1) is 0 Å². The molecule has 1 rings (SSSR count). The summed E-state index contributed by atoms with van der Waals surface area (Å²) in [5, 5.41) is 21.1. The summed E-state index contributed by atoms with van der Waals surface area (Å²) in [6, 6.07) is 2.45. The number of benzene rings is 1. The molecule has 0 spiro atoms. The van der Waals surface area contributed by atoms with Crippen molar-refractivity contribution in [3.8, 4) is 0 Å². The van der Waals surface area contributed by atoms with E-state index >= 15 is 0 Å². The van der Waals surface area contributed by atoms with Gasteiger partial charge < -0.3 is 0 Å². The van der Waals surface area contributed by atoms with Crippen LogP contribution in [0, 0.1) is 20.2 Å². The number of hydrogen-bond donors (Lipinski definition) is 0. The average molecular weight is 260 g/mol. The van der Waals surface area contributed by atoms with E-state index < -0.39 is 36.0 Å². The molecule has 0 saturated heterocycles. The van der Waals surface area contributed by atoms with Crippen LogP contribution in [0.1, 0.15) is 6.92 Å². The van der Waals surface area contributed by atoms with Crippen molar-refractivity contribution in [2.24, 2.45) is 0 Å². The molecular formula is C8H8N2O6S. The van der Waals surface area contributed by atoms with Crippen molar-refractivity contribution in [3.05, 3.63) is 38.4 Å². The summed E-state index contributed by atoms with van der Waals surface area (Å²) >= 11 is 0. The number of sulfone groups is 1. The van der Waals surface area contributed by atoms with Gasteiger partial charge in [0.05, 0.1) is 21.7 Å². The Morgan fingerprint density at radius 1 is 1.18 bits per heavy atom. The second-order valence-electron chi connectivity index (χ2n) is 3.07. The number of non-ortho nitro benzene ring substituents is 1. The fourth-order valence-corrected chi connectivity index (χ4v) is 2.22. The lowest BCUT2D eigenvalue weighted by Gasteiger charge is -2.02. The maximum atomic E-state index is 11.5. The van der Waals surface area contributed by atoms with Crippen LogP contribution < -0.4 is 0 Å². The molecule has 0 aliphatic carbocycles. The van der Waals surface area contributed by atoms with Crippen molar-refractivity contribution in [3.63, 3.8) is 0 Å². The minimum Gasteiger partial charge on any atom is -0.258 e. The SMILES string of the molecule is CCS(=O)(=O)c1ccc([N+](=O)[O-])cc1[N+](=O)[O-]. The monoisotopic (exact) mass is 260 g/mol. The van der Waals surface area contributed by atoms with Crippen molar-refractivity contribution >= 4 is 21.2 Å². The molecule has 8 nitrogen and oxygen atoms in total. The highest BCUT2D eigenvalue weighted by Crippen LogP contribution is 2.28. The van der Waals surface area contributed by atoms with Gasteiger partial charge in [0, 0.05) is 6.07 Å². The normalized spacial score (nSPS) is 11.1. The van der Waals surface area contributed by atoms with Gasteiger partial charge in [-0.1, -0.05) is 6.92 Å². The topological polar surface area (TPSA) is 120 Å². The van der Waals surface area contributed by atoms with E-state index in [0.29, 0.717) is 6.07 Å². The summed E-state index contributed by atoms with van der Waals surface area (Å²) in [4.78, 5) is 18.8. The van der Waals surface area contributed by atoms with E-state index in [1.54, 1.807) is 0 Å². The molecule has 0 bridgehead atoms. The lowest BCUT2D eigenvalue weighted by atomic mass is 10.3. The van der Waals surface area contributed by atoms with Gasteiger partial charge >= 0.3 is 0 Å². The Kier molecular flexibility index (Phi) is 3.42. The number of hydrogen-bond acceptors (Lipinski definition) is 6. The molecule has 17 heavy (non-hydrogen) atoms. The zero-order chi connectivity index (χ0) is 13.2. The Hall–Kier alpha value is -2.03. The molecular weight excluding hydrogens is 252 g/mol. The lowest BCUT2D eigenvalue weighted by Crippen LogP contribution is -2.07. The average Bonchev–Trinajstić information content (AvgIpc) is 2.28. The van der Waals surface area contributed by atoms with Gasteiger partial charge in [0.25, 0.3) is 11.4 Å². The first-order chi connectivity index (χ1) is 7.79. The van der Waals surface area contributed by atoms with Crippen molar-refractivity contribution in [1.29, 1.82) is 0 Å². The second kappa shape index (κ2) is 4.45. The van der Waals surface area contributed by atoms with Crippen LogP contribution in [0.5, 0.6) is 0 Å². The van der Waals surface area contributed by atoms with Crippen LogP contribution >= 0.6 is 0 Å². The smallest absolute Gasteiger partial charge is 0.258 e.